The van der Waals surface area contributed by atoms with Gasteiger partial charge in [-0.1, -0.05) is 0 Å². The van der Waals surface area contributed by atoms with Crippen LogP contribution in [0, 0.1) is 0 Å². The molecular formula is C9H19NO2. The Morgan fingerprint density at radius 1 is 1.67 bits per heavy atom. The molecule has 0 saturated carbocycles. The lowest BCUT2D eigenvalue weighted by atomic mass is 9.96. The van der Waals surface area contributed by atoms with Crippen LogP contribution < -0.4 is 5.73 Å². The molecule has 2 N–H and O–H groups in total. The van der Waals surface area contributed by atoms with Crippen LogP contribution in [0.5, 0.6) is 0 Å². The van der Waals surface area contributed by atoms with Gasteiger partial charge in [0, 0.05) is 19.6 Å². The van der Waals surface area contributed by atoms with Crippen LogP contribution in [-0.4, -0.2) is 31.0 Å². The number of nitrogens with two attached hydrogens (primary N) is 1. The van der Waals surface area contributed by atoms with Gasteiger partial charge >= 0.3 is 0 Å². The maximum atomic E-state index is 5.81. The van der Waals surface area contributed by atoms with E-state index in [0.717, 1.165) is 13.0 Å². The molecule has 3 heteroatoms. The molecule has 0 aliphatic carbocycles. The first-order valence-corrected chi connectivity index (χ1v) is 4.60. The molecule has 1 aliphatic rings. The van der Waals surface area contributed by atoms with Gasteiger partial charge in [0.1, 0.15) is 5.60 Å². The molecule has 72 valence electrons. The van der Waals surface area contributed by atoms with Crippen LogP contribution in [0.2, 0.25) is 0 Å². The Bertz CT molecular complexity index is 149. The first-order valence-electron chi connectivity index (χ1n) is 4.60. The molecule has 2 unspecified atom stereocenters. The highest BCUT2D eigenvalue weighted by atomic mass is 16.6. The Kier molecular flexibility index (Phi) is 3.09. The average Bonchev–Trinajstić information content (AvgIpc) is 2.32. The smallest absolute Gasteiger partial charge is 0.109 e. The topological polar surface area (TPSA) is 44.5 Å². The van der Waals surface area contributed by atoms with Crippen molar-refractivity contribution < 1.29 is 9.47 Å². The summed E-state index contributed by atoms with van der Waals surface area (Å²) in [5, 5.41) is 0. The predicted octanol–water partition coefficient (Wildman–Crippen LogP) is 0.918. The minimum absolute atomic E-state index is 0.130. The quantitative estimate of drug-likeness (QED) is 0.690. The van der Waals surface area contributed by atoms with Gasteiger partial charge < -0.3 is 15.2 Å². The summed E-state index contributed by atoms with van der Waals surface area (Å²) in [4.78, 5) is 0. The molecule has 0 bridgehead atoms. The summed E-state index contributed by atoms with van der Waals surface area (Å²) in [5.41, 5.74) is 5.47. The molecule has 12 heavy (non-hydrogen) atoms. The van der Waals surface area contributed by atoms with E-state index >= 15 is 0 Å². The predicted molar refractivity (Wildman–Crippen MR) is 48.0 cm³/mol. The molecule has 1 rings (SSSR count). The molecule has 1 heterocycles. The monoisotopic (exact) mass is 173 g/mol. The first kappa shape index (κ1) is 9.96. The standard InChI is InChI=1S/C9H19NO2/c1-7(2)12-9(6-10)4-5-11-8(9)3/h7-8H,4-6,10H2,1-3H3. The van der Waals surface area contributed by atoms with Crippen molar-refractivity contribution in [3.05, 3.63) is 0 Å². The van der Waals surface area contributed by atoms with Gasteiger partial charge in [-0.05, 0) is 20.8 Å². The first-order chi connectivity index (χ1) is 5.60. The van der Waals surface area contributed by atoms with Crippen LogP contribution >= 0.6 is 0 Å². The van der Waals surface area contributed by atoms with E-state index in [0.29, 0.717) is 6.54 Å². The maximum absolute atomic E-state index is 5.81. The molecule has 3 nitrogen and oxygen atoms in total. The third-order valence-corrected chi connectivity index (χ3v) is 2.45. The zero-order valence-electron chi connectivity index (χ0n) is 8.17. The molecule has 0 radical (unpaired) electrons. The van der Waals surface area contributed by atoms with E-state index in [9.17, 15) is 0 Å². The van der Waals surface area contributed by atoms with Gasteiger partial charge in [0.05, 0.1) is 12.2 Å². The SMILES string of the molecule is CC(C)OC1(CN)CCOC1C. The molecule has 0 aromatic heterocycles. The molecule has 0 amide bonds. The number of hydrogen-bond acceptors (Lipinski definition) is 3. The molecule has 0 aromatic carbocycles. The minimum Gasteiger partial charge on any atom is -0.375 e. The van der Waals surface area contributed by atoms with Crippen molar-refractivity contribution in [2.75, 3.05) is 13.2 Å². The summed E-state index contributed by atoms with van der Waals surface area (Å²) >= 11 is 0. The number of rotatable bonds is 3. The largest absolute Gasteiger partial charge is 0.375 e. The lowest BCUT2D eigenvalue weighted by Crippen LogP contribution is -2.47. The number of hydrogen-bond donors (Lipinski definition) is 1. The van der Waals surface area contributed by atoms with Crippen LogP contribution in [0.3, 0.4) is 0 Å². The van der Waals surface area contributed by atoms with Crippen molar-refractivity contribution >= 4 is 0 Å². The molecule has 1 saturated heterocycles. The fourth-order valence-electron chi connectivity index (χ4n) is 1.70. The van der Waals surface area contributed by atoms with E-state index < -0.39 is 0 Å². The Hall–Kier alpha value is -0.120. The fourth-order valence-corrected chi connectivity index (χ4v) is 1.70. The van der Waals surface area contributed by atoms with Gasteiger partial charge in [-0.15, -0.1) is 0 Å². The van der Waals surface area contributed by atoms with E-state index in [1.807, 2.05) is 20.8 Å². The Morgan fingerprint density at radius 3 is 2.67 bits per heavy atom. The molecule has 1 aliphatic heterocycles. The zero-order chi connectivity index (χ0) is 9.19. The summed E-state index contributed by atoms with van der Waals surface area (Å²) in [7, 11) is 0. The summed E-state index contributed by atoms with van der Waals surface area (Å²) < 4.78 is 11.3. The van der Waals surface area contributed by atoms with Gasteiger partial charge in [-0.25, -0.2) is 0 Å². The summed E-state index contributed by atoms with van der Waals surface area (Å²) in [5.74, 6) is 0. The highest BCUT2D eigenvalue weighted by Gasteiger charge is 2.42. The maximum Gasteiger partial charge on any atom is 0.109 e. The van der Waals surface area contributed by atoms with E-state index in [-0.39, 0.29) is 17.8 Å². The second-order valence-corrected chi connectivity index (χ2v) is 3.70. The van der Waals surface area contributed by atoms with Gasteiger partial charge in [0.15, 0.2) is 0 Å². The third-order valence-electron chi connectivity index (χ3n) is 2.45. The molecular weight excluding hydrogens is 154 g/mol. The molecule has 0 aromatic rings. The molecule has 1 fully saturated rings. The van der Waals surface area contributed by atoms with Crippen molar-refractivity contribution in [3.8, 4) is 0 Å². The zero-order valence-corrected chi connectivity index (χ0v) is 8.17. The van der Waals surface area contributed by atoms with E-state index in [4.69, 9.17) is 15.2 Å². The van der Waals surface area contributed by atoms with Gasteiger partial charge in [0.25, 0.3) is 0 Å². The molecule has 0 spiro atoms. The Labute approximate surface area is 74.2 Å². The summed E-state index contributed by atoms with van der Waals surface area (Å²) in [6.45, 7) is 7.41. The van der Waals surface area contributed by atoms with Crippen LogP contribution in [0.15, 0.2) is 0 Å². The van der Waals surface area contributed by atoms with Gasteiger partial charge in [-0.3, -0.25) is 0 Å². The van der Waals surface area contributed by atoms with Crippen LogP contribution in [0.1, 0.15) is 27.2 Å². The van der Waals surface area contributed by atoms with Crippen LogP contribution in [0.25, 0.3) is 0 Å². The van der Waals surface area contributed by atoms with Crippen molar-refractivity contribution in [1.29, 1.82) is 0 Å². The highest BCUT2D eigenvalue weighted by Crippen LogP contribution is 2.29. The lowest BCUT2D eigenvalue weighted by molar-refractivity contribution is -0.106. The van der Waals surface area contributed by atoms with E-state index in [1.54, 1.807) is 0 Å². The average molecular weight is 173 g/mol. The Balaban J connectivity index is 2.61. The van der Waals surface area contributed by atoms with E-state index in [2.05, 4.69) is 0 Å². The van der Waals surface area contributed by atoms with Crippen molar-refractivity contribution in [2.45, 2.75) is 45.0 Å². The summed E-state index contributed by atoms with van der Waals surface area (Å²) in [6.07, 6.45) is 1.27. The van der Waals surface area contributed by atoms with Crippen molar-refractivity contribution in [2.24, 2.45) is 5.73 Å². The molecule has 2 atom stereocenters. The second kappa shape index (κ2) is 3.73. The highest BCUT2D eigenvalue weighted by molar-refractivity contribution is 4.93. The van der Waals surface area contributed by atoms with Gasteiger partial charge in [-0.2, -0.15) is 0 Å². The summed E-state index contributed by atoms with van der Waals surface area (Å²) in [6, 6.07) is 0. The minimum atomic E-state index is -0.228. The normalized spacial score (nSPS) is 36.2. The second-order valence-electron chi connectivity index (χ2n) is 3.70. The third kappa shape index (κ3) is 1.79. The van der Waals surface area contributed by atoms with Crippen molar-refractivity contribution in [1.82, 2.24) is 0 Å². The fraction of sp³-hybridized carbons (Fsp3) is 1.00. The van der Waals surface area contributed by atoms with Crippen molar-refractivity contribution in [3.63, 3.8) is 0 Å². The van der Waals surface area contributed by atoms with Gasteiger partial charge in [0.2, 0.25) is 0 Å². The lowest BCUT2D eigenvalue weighted by Gasteiger charge is -2.32. The van der Waals surface area contributed by atoms with Crippen LogP contribution in [-0.2, 0) is 9.47 Å². The Morgan fingerprint density at radius 2 is 2.33 bits per heavy atom. The number of ether oxygens (including phenoxy) is 2. The van der Waals surface area contributed by atoms with E-state index in [1.165, 1.54) is 0 Å². The van der Waals surface area contributed by atoms with Crippen LogP contribution in [0.4, 0.5) is 0 Å².